The molecule has 7 heteroatoms. The van der Waals surface area contributed by atoms with Crippen LogP contribution < -0.4 is 10.6 Å². The first-order valence-corrected chi connectivity index (χ1v) is 11.1. The summed E-state index contributed by atoms with van der Waals surface area (Å²) in [7, 11) is 0. The molecule has 2 N–H and O–H groups in total. The minimum atomic E-state index is -0.508. The van der Waals surface area contributed by atoms with Crippen molar-refractivity contribution in [1.82, 2.24) is 4.90 Å². The van der Waals surface area contributed by atoms with Gasteiger partial charge in [-0.25, -0.2) is 0 Å². The van der Waals surface area contributed by atoms with E-state index in [0.29, 0.717) is 29.3 Å². The Morgan fingerprint density at radius 2 is 1.90 bits per heavy atom. The third-order valence-electron chi connectivity index (χ3n) is 5.25. The highest BCUT2D eigenvalue weighted by atomic mass is 32.1. The second-order valence-electron chi connectivity index (χ2n) is 8.79. The number of hydrogen-bond acceptors (Lipinski definition) is 4. The molecule has 30 heavy (non-hydrogen) atoms. The lowest BCUT2D eigenvalue weighted by atomic mass is 9.95. The van der Waals surface area contributed by atoms with Crippen LogP contribution >= 0.6 is 11.3 Å². The largest absolute Gasteiger partial charge is 0.337 e. The van der Waals surface area contributed by atoms with Crippen LogP contribution in [0.25, 0.3) is 0 Å². The van der Waals surface area contributed by atoms with Crippen molar-refractivity contribution in [3.63, 3.8) is 0 Å². The van der Waals surface area contributed by atoms with E-state index in [1.54, 1.807) is 11.0 Å². The Morgan fingerprint density at radius 1 is 1.13 bits per heavy atom. The zero-order chi connectivity index (χ0) is 21.9. The molecule has 3 rings (SSSR count). The molecule has 1 aromatic carbocycles. The van der Waals surface area contributed by atoms with Crippen LogP contribution in [0, 0.1) is 18.3 Å². The number of carbonyl (C=O) groups is 3. The van der Waals surface area contributed by atoms with Gasteiger partial charge in [0.1, 0.15) is 0 Å². The van der Waals surface area contributed by atoms with Gasteiger partial charge in [0.15, 0.2) is 0 Å². The molecule has 1 aliphatic heterocycles. The zero-order valence-corrected chi connectivity index (χ0v) is 18.8. The van der Waals surface area contributed by atoms with Crippen molar-refractivity contribution < 1.29 is 14.4 Å². The topological polar surface area (TPSA) is 78.5 Å². The number of carbonyl (C=O) groups excluding carboxylic acids is 3. The van der Waals surface area contributed by atoms with Crippen molar-refractivity contribution in [3.05, 3.63) is 46.2 Å². The molecule has 1 aromatic heterocycles. The minimum Gasteiger partial charge on any atom is -0.337 e. The van der Waals surface area contributed by atoms with Crippen molar-refractivity contribution in [2.24, 2.45) is 11.3 Å². The van der Waals surface area contributed by atoms with Gasteiger partial charge in [0.2, 0.25) is 11.8 Å². The van der Waals surface area contributed by atoms with Gasteiger partial charge in [0.25, 0.3) is 5.91 Å². The quantitative estimate of drug-likeness (QED) is 0.752. The van der Waals surface area contributed by atoms with Crippen LogP contribution in [0.5, 0.6) is 0 Å². The van der Waals surface area contributed by atoms with E-state index in [1.165, 1.54) is 11.3 Å². The summed E-state index contributed by atoms with van der Waals surface area (Å²) in [5.74, 6) is -0.443. The van der Waals surface area contributed by atoms with E-state index in [9.17, 15) is 14.4 Å². The van der Waals surface area contributed by atoms with Gasteiger partial charge in [-0.3, -0.25) is 14.4 Å². The van der Waals surface area contributed by atoms with Crippen molar-refractivity contribution in [2.45, 2.75) is 40.5 Å². The van der Waals surface area contributed by atoms with Crippen molar-refractivity contribution in [1.29, 1.82) is 0 Å². The predicted octanol–water partition coefficient (Wildman–Crippen LogP) is 4.53. The monoisotopic (exact) mass is 427 g/mol. The van der Waals surface area contributed by atoms with Crippen molar-refractivity contribution in [3.8, 4) is 0 Å². The van der Waals surface area contributed by atoms with Crippen LogP contribution in [0.3, 0.4) is 0 Å². The Labute approximate surface area is 181 Å². The molecule has 1 unspecified atom stereocenters. The third kappa shape index (κ3) is 5.27. The van der Waals surface area contributed by atoms with Gasteiger partial charge in [-0.2, -0.15) is 0 Å². The number of anilines is 2. The van der Waals surface area contributed by atoms with Crippen LogP contribution in [-0.2, 0) is 9.59 Å². The lowest BCUT2D eigenvalue weighted by Gasteiger charge is -2.31. The fourth-order valence-corrected chi connectivity index (χ4v) is 4.01. The maximum atomic E-state index is 12.9. The second kappa shape index (κ2) is 9.00. The number of piperidine rings is 1. The number of aryl methyl sites for hydroxylation is 1. The molecule has 0 saturated carbocycles. The molecule has 1 atom stereocenters. The van der Waals surface area contributed by atoms with Crippen LogP contribution in [0.1, 0.15) is 48.8 Å². The van der Waals surface area contributed by atoms with E-state index in [-0.39, 0.29) is 23.6 Å². The smallest absolute Gasteiger partial charge is 0.263 e. The molecule has 3 amide bonds. The maximum absolute atomic E-state index is 12.9. The maximum Gasteiger partial charge on any atom is 0.263 e. The average molecular weight is 428 g/mol. The number of nitrogens with zero attached hydrogens (tertiary/aromatic N) is 1. The van der Waals surface area contributed by atoms with Crippen LogP contribution in [-0.4, -0.2) is 35.7 Å². The number of thiophene rings is 1. The fraction of sp³-hybridized carbons (Fsp3) is 0.435. The number of amides is 3. The number of nitrogens with one attached hydrogen (secondary N) is 2. The van der Waals surface area contributed by atoms with Gasteiger partial charge >= 0.3 is 0 Å². The van der Waals surface area contributed by atoms with Gasteiger partial charge in [-0.1, -0.05) is 32.9 Å². The van der Waals surface area contributed by atoms with Gasteiger partial charge in [0, 0.05) is 29.9 Å². The third-order valence-corrected chi connectivity index (χ3v) is 6.10. The summed E-state index contributed by atoms with van der Waals surface area (Å²) in [6.07, 6.45) is 1.55. The SMILES string of the molecule is Cc1ccc(NC(=O)C2CCCN(C(=O)c3cccs3)C2)cc1NC(=O)C(C)(C)C. The first-order chi connectivity index (χ1) is 14.1. The van der Waals surface area contributed by atoms with Crippen LogP contribution in [0.2, 0.25) is 0 Å². The lowest BCUT2D eigenvalue weighted by Crippen LogP contribution is -2.43. The molecule has 0 aliphatic carbocycles. The second-order valence-corrected chi connectivity index (χ2v) is 9.74. The van der Waals surface area contributed by atoms with E-state index in [0.717, 1.165) is 18.4 Å². The highest BCUT2D eigenvalue weighted by Crippen LogP contribution is 2.26. The minimum absolute atomic E-state index is 0.00925. The fourth-order valence-electron chi connectivity index (χ4n) is 3.32. The summed E-state index contributed by atoms with van der Waals surface area (Å²) < 4.78 is 0. The van der Waals surface area contributed by atoms with Gasteiger partial charge in [-0.05, 0) is 48.9 Å². The molecule has 160 valence electrons. The zero-order valence-electron chi connectivity index (χ0n) is 18.0. The van der Waals surface area contributed by atoms with Crippen molar-refractivity contribution in [2.75, 3.05) is 23.7 Å². The van der Waals surface area contributed by atoms with E-state index in [4.69, 9.17) is 0 Å². The molecule has 1 saturated heterocycles. The first kappa shape index (κ1) is 22.0. The molecule has 2 aromatic rings. The summed E-state index contributed by atoms with van der Waals surface area (Å²) >= 11 is 1.42. The number of rotatable bonds is 4. The van der Waals surface area contributed by atoms with Gasteiger partial charge in [-0.15, -0.1) is 11.3 Å². The van der Waals surface area contributed by atoms with E-state index in [2.05, 4.69) is 10.6 Å². The lowest BCUT2D eigenvalue weighted by molar-refractivity contribution is -0.123. The summed E-state index contributed by atoms with van der Waals surface area (Å²) in [6.45, 7) is 8.58. The molecular weight excluding hydrogens is 398 g/mol. The van der Waals surface area contributed by atoms with E-state index < -0.39 is 5.41 Å². The van der Waals surface area contributed by atoms with Crippen LogP contribution in [0.4, 0.5) is 11.4 Å². The predicted molar refractivity (Wildman–Crippen MR) is 121 cm³/mol. The van der Waals surface area contributed by atoms with Crippen LogP contribution in [0.15, 0.2) is 35.7 Å². The van der Waals surface area contributed by atoms with Crippen molar-refractivity contribution >= 4 is 40.4 Å². The molecular formula is C23H29N3O3S. The Kier molecular flexibility index (Phi) is 6.61. The number of benzene rings is 1. The van der Waals surface area contributed by atoms with Gasteiger partial charge in [0.05, 0.1) is 10.8 Å². The Morgan fingerprint density at radius 3 is 2.57 bits per heavy atom. The Bertz CT molecular complexity index is 932. The standard InChI is InChI=1S/C23H29N3O3S/c1-15-9-10-17(13-18(15)25-22(29)23(2,3)4)24-20(27)16-7-5-11-26(14-16)21(28)19-8-6-12-30-19/h6,8-10,12-13,16H,5,7,11,14H2,1-4H3,(H,24,27)(H,25,29). The molecule has 6 nitrogen and oxygen atoms in total. The molecule has 0 spiro atoms. The first-order valence-electron chi connectivity index (χ1n) is 10.2. The summed E-state index contributed by atoms with van der Waals surface area (Å²) in [5, 5.41) is 7.78. The average Bonchev–Trinajstić information content (AvgIpc) is 3.24. The molecule has 0 radical (unpaired) electrons. The molecule has 1 aliphatic rings. The summed E-state index contributed by atoms with van der Waals surface area (Å²) in [4.78, 5) is 40.3. The normalized spacial score (nSPS) is 16.8. The summed E-state index contributed by atoms with van der Waals surface area (Å²) in [6, 6.07) is 9.17. The highest BCUT2D eigenvalue weighted by molar-refractivity contribution is 7.12. The molecule has 0 bridgehead atoms. The highest BCUT2D eigenvalue weighted by Gasteiger charge is 2.29. The van der Waals surface area contributed by atoms with Gasteiger partial charge < -0.3 is 15.5 Å². The number of hydrogen-bond donors (Lipinski definition) is 2. The van der Waals surface area contributed by atoms with E-state index >= 15 is 0 Å². The molecule has 2 heterocycles. The van der Waals surface area contributed by atoms with E-state index in [1.807, 2.05) is 57.3 Å². The summed E-state index contributed by atoms with van der Waals surface area (Å²) in [5.41, 5.74) is 1.74. The molecule has 1 fully saturated rings. The number of likely N-dealkylation sites (tertiary alicyclic amines) is 1. The Balaban J connectivity index is 1.66. The Hall–Kier alpha value is -2.67.